The summed E-state index contributed by atoms with van der Waals surface area (Å²) in [5.41, 5.74) is 3.44. The maximum atomic E-state index is 13.2. The molecule has 1 aliphatic rings. The van der Waals surface area contributed by atoms with E-state index in [1.165, 1.54) is 29.2 Å². The van der Waals surface area contributed by atoms with E-state index in [2.05, 4.69) is 11.9 Å². The first-order valence-corrected chi connectivity index (χ1v) is 12.1. The van der Waals surface area contributed by atoms with Gasteiger partial charge in [0, 0.05) is 67.7 Å². The van der Waals surface area contributed by atoms with Gasteiger partial charge in [-0.05, 0) is 56.4 Å². The predicted molar refractivity (Wildman–Crippen MR) is 141 cm³/mol. The number of anilines is 1. The van der Waals surface area contributed by atoms with Gasteiger partial charge in [-0.1, -0.05) is 17.7 Å². The van der Waals surface area contributed by atoms with Crippen LogP contribution in [0.25, 0.3) is 0 Å². The Morgan fingerprint density at radius 3 is 2.24 bits per heavy atom. The van der Waals surface area contributed by atoms with Gasteiger partial charge >= 0.3 is 0 Å². The molecule has 1 heterocycles. The van der Waals surface area contributed by atoms with E-state index in [9.17, 15) is 19.7 Å². The highest BCUT2D eigenvalue weighted by atomic mass is 16.6. The summed E-state index contributed by atoms with van der Waals surface area (Å²) in [5.74, 6) is 0.353. The molecular weight excluding hydrogens is 472 g/mol. The van der Waals surface area contributed by atoms with Gasteiger partial charge in [-0.2, -0.15) is 0 Å². The summed E-state index contributed by atoms with van der Waals surface area (Å²) >= 11 is 0. The largest absolute Gasteiger partial charge is 0.489 e. The highest BCUT2D eigenvalue weighted by Crippen LogP contribution is 2.23. The summed E-state index contributed by atoms with van der Waals surface area (Å²) < 4.78 is 6.00. The minimum absolute atomic E-state index is 0.0251. The standard InChI is InChI=1S/C28H30N4O5/c1-20-4-5-22(26(18-20)28(34)31-16-14-29(2)15-17-31)19-37-25-12-10-23(11-13-25)30(3)27(33)21-6-8-24(9-7-21)32(35)36/h4-13,18H,14-17,19H2,1-3H3. The monoisotopic (exact) mass is 502 g/mol. The Hall–Kier alpha value is -4.24. The SMILES string of the molecule is Cc1ccc(COc2ccc(N(C)C(=O)c3ccc([N+](=O)[O-])cc3)cc2)c(C(=O)N2CCN(C)CC2)c1. The summed E-state index contributed by atoms with van der Waals surface area (Å²) in [5, 5.41) is 10.8. The third-order valence-corrected chi connectivity index (χ3v) is 6.53. The van der Waals surface area contributed by atoms with Gasteiger partial charge in [0.2, 0.25) is 0 Å². The first kappa shape index (κ1) is 25.8. The number of aryl methyl sites for hydroxylation is 1. The average Bonchev–Trinajstić information content (AvgIpc) is 2.92. The molecule has 0 bridgehead atoms. The van der Waals surface area contributed by atoms with E-state index in [-0.39, 0.29) is 24.1 Å². The number of non-ortho nitro benzene ring substituents is 1. The quantitative estimate of drug-likeness (QED) is 0.356. The molecule has 0 aromatic heterocycles. The van der Waals surface area contributed by atoms with Crippen LogP contribution in [0, 0.1) is 17.0 Å². The Bertz CT molecular complexity index is 1280. The Kier molecular flexibility index (Phi) is 7.83. The van der Waals surface area contributed by atoms with Gasteiger partial charge in [0.05, 0.1) is 4.92 Å². The van der Waals surface area contributed by atoms with Gasteiger partial charge < -0.3 is 19.4 Å². The number of nitrogens with zero attached hydrogens (tertiary/aromatic N) is 4. The lowest BCUT2D eigenvalue weighted by Crippen LogP contribution is -2.47. The van der Waals surface area contributed by atoms with Crippen molar-refractivity contribution in [2.45, 2.75) is 13.5 Å². The molecule has 3 aromatic carbocycles. The molecule has 9 heteroatoms. The highest BCUT2D eigenvalue weighted by molar-refractivity contribution is 6.05. The summed E-state index contributed by atoms with van der Waals surface area (Å²) in [4.78, 5) is 41.9. The van der Waals surface area contributed by atoms with E-state index < -0.39 is 4.92 Å². The Balaban J connectivity index is 1.41. The molecule has 1 fully saturated rings. The Morgan fingerprint density at radius 1 is 0.973 bits per heavy atom. The summed E-state index contributed by atoms with van der Waals surface area (Å²) in [7, 11) is 3.70. The Labute approximate surface area is 216 Å². The minimum Gasteiger partial charge on any atom is -0.489 e. The molecule has 0 saturated carbocycles. The third-order valence-electron chi connectivity index (χ3n) is 6.53. The van der Waals surface area contributed by atoms with Crippen LogP contribution < -0.4 is 9.64 Å². The lowest BCUT2D eigenvalue weighted by atomic mass is 10.0. The molecule has 0 N–H and O–H groups in total. The van der Waals surface area contributed by atoms with Crippen molar-refractivity contribution in [1.82, 2.24) is 9.80 Å². The number of nitro groups is 1. The highest BCUT2D eigenvalue weighted by Gasteiger charge is 2.23. The van der Waals surface area contributed by atoms with Crippen LogP contribution in [0.3, 0.4) is 0 Å². The number of ether oxygens (including phenoxy) is 1. The van der Waals surface area contributed by atoms with Crippen LogP contribution in [0.1, 0.15) is 31.8 Å². The van der Waals surface area contributed by atoms with Crippen molar-refractivity contribution in [1.29, 1.82) is 0 Å². The number of carbonyl (C=O) groups is 2. The van der Waals surface area contributed by atoms with E-state index in [1.54, 1.807) is 31.3 Å². The minimum atomic E-state index is -0.501. The average molecular weight is 503 g/mol. The van der Waals surface area contributed by atoms with Crippen molar-refractivity contribution in [2.24, 2.45) is 0 Å². The fraction of sp³-hybridized carbons (Fsp3) is 0.286. The second-order valence-electron chi connectivity index (χ2n) is 9.21. The van der Waals surface area contributed by atoms with Crippen molar-refractivity contribution in [3.05, 3.63) is 99.1 Å². The number of rotatable bonds is 7. The van der Waals surface area contributed by atoms with E-state index in [1.807, 2.05) is 30.0 Å². The van der Waals surface area contributed by atoms with Crippen molar-refractivity contribution >= 4 is 23.2 Å². The first-order valence-electron chi connectivity index (χ1n) is 12.1. The number of hydrogen-bond acceptors (Lipinski definition) is 6. The third kappa shape index (κ3) is 6.13. The predicted octanol–water partition coefficient (Wildman–Crippen LogP) is 4.15. The molecule has 0 spiro atoms. The van der Waals surface area contributed by atoms with Crippen LogP contribution in [0.15, 0.2) is 66.7 Å². The molecule has 1 aliphatic heterocycles. The van der Waals surface area contributed by atoms with E-state index >= 15 is 0 Å². The van der Waals surface area contributed by atoms with Crippen LogP contribution in [-0.4, -0.2) is 66.8 Å². The zero-order chi connectivity index (χ0) is 26.5. The van der Waals surface area contributed by atoms with E-state index in [0.717, 1.165) is 24.2 Å². The molecule has 9 nitrogen and oxygen atoms in total. The van der Waals surface area contributed by atoms with Crippen LogP contribution in [0.4, 0.5) is 11.4 Å². The lowest BCUT2D eigenvalue weighted by molar-refractivity contribution is -0.384. The topological polar surface area (TPSA) is 96.2 Å². The Morgan fingerprint density at radius 2 is 1.62 bits per heavy atom. The fourth-order valence-corrected chi connectivity index (χ4v) is 4.16. The normalized spacial score (nSPS) is 13.8. The summed E-state index contributed by atoms with van der Waals surface area (Å²) in [6.45, 7) is 5.34. The van der Waals surface area contributed by atoms with E-state index in [0.29, 0.717) is 35.7 Å². The molecule has 1 saturated heterocycles. The van der Waals surface area contributed by atoms with Gasteiger partial charge in [-0.15, -0.1) is 0 Å². The van der Waals surface area contributed by atoms with Gasteiger partial charge in [0.25, 0.3) is 17.5 Å². The van der Waals surface area contributed by atoms with Gasteiger partial charge in [0.15, 0.2) is 0 Å². The molecule has 0 aliphatic carbocycles. The summed E-state index contributed by atoms with van der Waals surface area (Å²) in [6.07, 6.45) is 0. The molecule has 2 amide bonds. The molecule has 4 rings (SSSR count). The molecule has 37 heavy (non-hydrogen) atoms. The lowest BCUT2D eigenvalue weighted by Gasteiger charge is -2.33. The van der Waals surface area contributed by atoms with Crippen molar-refractivity contribution in [2.75, 3.05) is 45.2 Å². The number of amides is 2. The zero-order valence-electron chi connectivity index (χ0n) is 21.2. The molecule has 0 atom stereocenters. The second kappa shape index (κ2) is 11.2. The van der Waals surface area contributed by atoms with Crippen LogP contribution in [0.2, 0.25) is 0 Å². The van der Waals surface area contributed by atoms with Crippen LogP contribution in [-0.2, 0) is 6.61 Å². The van der Waals surface area contributed by atoms with Crippen molar-refractivity contribution < 1.29 is 19.2 Å². The number of carbonyl (C=O) groups excluding carboxylic acids is 2. The van der Waals surface area contributed by atoms with Gasteiger partial charge in [-0.3, -0.25) is 19.7 Å². The first-order chi connectivity index (χ1) is 17.7. The number of likely N-dealkylation sites (N-methyl/N-ethyl adjacent to an activating group) is 1. The van der Waals surface area contributed by atoms with Crippen LogP contribution >= 0.6 is 0 Å². The number of nitro benzene ring substituents is 1. The summed E-state index contributed by atoms with van der Waals surface area (Å²) in [6, 6.07) is 18.4. The maximum absolute atomic E-state index is 13.2. The maximum Gasteiger partial charge on any atom is 0.269 e. The molecular formula is C28H30N4O5. The number of benzene rings is 3. The molecule has 3 aromatic rings. The van der Waals surface area contributed by atoms with Crippen molar-refractivity contribution in [3.63, 3.8) is 0 Å². The van der Waals surface area contributed by atoms with E-state index in [4.69, 9.17) is 4.74 Å². The number of hydrogen-bond donors (Lipinski definition) is 0. The molecule has 0 radical (unpaired) electrons. The van der Waals surface area contributed by atoms with Gasteiger partial charge in [-0.25, -0.2) is 0 Å². The van der Waals surface area contributed by atoms with Crippen LogP contribution in [0.5, 0.6) is 5.75 Å². The zero-order valence-corrected chi connectivity index (χ0v) is 21.2. The fourth-order valence-electron chi connectivity index (χ4n) is 4.16. The number of piperazine rings is 1. The van der Waals surface area contributed by atoms with Gasteiger partial charge in [0.1, 0.15) is 12.4 Å². The molecule has 192 valence electrons. The molecule has 0 unspecified atom stereocenters. The van der Waals surface area contributed by atoms with Crippen molar-refractivity contribution in [3.8, 4) is 5.75 Å². The smallest absolute Gasteiger partial charge is 0.269 e. The second-order valence-corrected chi connectivity index (χ2v) is 9.21.